The van der Waals surface area contributed by atoms with Crippen LogP contribution in [0.25, 0.3) is 0 Å². The van der Waals surface area contributed by atoms with Crippen LogP contribution < -0.4 is 11.1 Å². The first-order valence-electron chi connectivity index (χ1n) is 6.62. The molecular weight excluding hydrogens is 259 g/mol. The van der Waals surface area contributed by atoms with Crippen molar-refractivity contribution in [3.05, 3.63) is 0 Å². The highest BCUT2D eigenvalue weighted by Crippen LogP contribution is 2.17. The van der Waals surface area contributed by atoms with Crippen molar-refractivity contribution in [3.8, 4) is 0 Å². The second-order valence-electron chi connectivity index (χ2n) is 4.59. The molecule has 0 aliphatic rings. The van der Waals surface area contributed by atoms with Crippen LogP contribution in [-0.4, -0.2) is 49.2 Å². The van der Waals surface area contributed by atoms with Gasteiger partial charge in [-0.3, -0.25) is 9.69 Å². The van der Waals surface area contributed by atoms with Crippen molar-refractivity contribution in [1.29, 1.82) is 0 Å². The number of hydrogen-bond acceptors (Lipinski definition) is 3. The number of nitrogens with two attached hydrogens (primary N) is 1. The van der Waals surface area contributed by atoms with Crippen LogP contribution in [0.1, 0.15) is 33.1 Å². The van der Waals surface area contributed by atoms with E-state index in [1.54, 1.807) is 0 Å². The minimum Gasteiger partial charge on any atom is -0.368 e. The van der Waals surface area contributed by atoms with E-state index in [1.165, 1.54) is 4.90 Å². The highest BCUT2D eigenvalue weighted by atomic mass is 19.4. The maximum absolute atomic E-state index is 12.4. The lowest BCUT2D eigenvalue weighted by Gasteiger charge is -2.25. The summed E-state index contributed by atoms with van der Waals surface area (Å²) in [6.07, 6.45) is -2.44. The molecule has 0 radical (unpaired) electrons. The van der Waals surface area contributed by atoms with Gasteiger partial charge in [-0.05, 0) is 32.4 Å². The Kier molecular flexibility index (Phi) is 8.75. The molecule has 0 saturated heterocycles. The summed E-state index contributed by atoms with van der Waals surface area (Å²) in [6.45, 7) is 4.01. The van der Waals surface area contributed by atoms with E-state index >= 15 is 0 Å². The van der Waals surface area contributed by atoms with Crippen LogP contribution in [-0.2, 0) is 4.79 Å². The molecule has 0 bridgehead atoms. The van der Waals surface area contributed by atoms with Crippen LogP contribution in [0, 0.1) is 0 Å². The van der Waals surface area contributed by atoms with E-state index in [9.17, 15) is 18.0 Å². The summed E-state index contributed by atoms with van der Waals surface area (Å²) in [6, 6.07) is -0.562. The van der Waals surface area contributed by atoms with Gasteiger partial charge >= 0.3 is 6.18 Å². The third-order valence-electron chi connectivity index (χ3n) is 2.66. The number of primary amides is 1. The number of carbonyl (C=O) groups excluding carboxylic acids is 1. The van der Waals surface area contributed by atoms with Gasteiger partial charge < -0.3 is 11.1 Å². The zero-order valence-corrected chi connectivity index (χ0v) is 11.6. The molecule has 7 heteroatoms. The maximum Gasteiger partial charge on any atom is 0.401 e. The van der Waals surface area contributed by atoms with Gasteiger partial charge in [-0.2, -0.15) is 13.2 Å². The number of nitrogens with one attached hydrogen (secondary N) is 1. The minimum absolute atomic E-state index is 0.206. The lowest BCUT2D eigenvalue weighted by Crippen LogP contribution is -2.45. The summed E-state index contributed by atoms with van der Waals surface area (Å²) in [5.41, 5.74) is 5.22. The number of nitrogens with zero attached hydrogens (tertiary/aromatic N) is 1. The van der Waals surface area contributed by atoms with Gasteiger partial charge in [-0.1, -0.05) is 13.8 Å². The molecule has 0 spiro atoms. The molecule has 0 aromatic carbocycles. The molecule has 0 fully saturated rings. The topological polar surface area (TPSA) is 58.4 Å². The minimum atomic E-state index is -4.21. The largest absolute Gasteiger partial charge is 0.401 e. The lowest BCUT2D eigenvalue weighted by molar-refractivity contribution is -0.146. The molecule has 3 N–H and O–H groups in total. The van der Waals surface area contributed by atoms with E-state index in [-0.39, 0.29) is 6.54 Å². The number of halogens is 3. The van der Waals surface area contributed by atoms with Crippen LogP contribution in [0.15, 0.2) is 0 Å². The van der Waals surface area contributed by atoms with Crippen molar-refractivity contribution in [1.82, 2.24) is 10.2 Å². The summed E-state index contributed by atoms with van der Waals surface area (Å²) in [5, 5.41) is 2.95. The standard InChI is InChI=1S/C12H24F3N3O/c1-3-6-17-10(11(16)19)5-8-18(7-4-2)9-12(13,14)15/h10,17H,3-9H2,1-2H3,(H2,16,19). The number of alkyl halides is 3. The number of hydrogen-bond donors (Lipinski definition) is 2. The molecule has 0 aliphatic heterocycles. The second kappa shape index (κ2) is 9.14. The molecule has 0 aromatic rings. The SMILES string of the molecule is CCCNC(CCN(CCC)CC(F)(F)F)C(N)=O. The number of carbonyl (C=O) groups is 1. The van der Waals surface area contributed by atoms with E-state index in [4.69, 9.17) is 5.73 Å². The van der Waals surface area contributed by atoms with Crippen molar-refractivity contribution < 1.29 is 18.0 Å². The van der Waals surface area contributed by atoms with Gasteiger partial charge in [0.25, 0.3) is 0 Å². The molecule has 114 valence electrons. The number of amides is 1. The third kappa shape index (κ3) is 9.72. The molecule has 1 amide bonds. The van der Waals surface area contributed by atoms with Gasteiger partial charge in [0, 0.05) is 6.54 Å². The fourth-order valence-corrected chi connectivity index (χ4v) is 1.81. The summed E-state index contributed by atoms with van der Waals surface area (Å²) in [7, 11) is 0. The van der Waals surface area contributed by atoms with Crippen LogP contribution in [0.4, 0.5) is 13.2 Å². The Bertz CT molecular complexity index is 259. The summed E-state index contributed by atoms with van der Waals surface area (Å²) in [5.74, 6) is -0.517. The van der Waals surface area contributed by atoms with Crippen molar-refractivity contribution in [3.63, 3.8) is 0 Å². The maximum atomic E-state index is 12.4. The van der Waals surface area contributed by atoms with Gasteiger partial charge in [-0.15, -0.1) is 0 Å². The van der Waals surface area contributed by atoms with Gasteiger partial charge in [0.2, 0.25) is 5.91 Å². The molecule has 19 heavy (non-hydrogen) atoms. The molecule has 4 nitrogen and oxygen atoms in total. The zero-order chi connectivity index (χ0) is 14.9. The summed E-state index contributed by atoms with van der Waals surface area (Å²) in [4.78, 5) is 12.5. The van der Waals surface area contributed by atoms with E-state index in [0.29, 0.717) is 25.9 Å². The fraction of sp³-hybridized carbons (Fsp3) is 0.917. The van der Waals surface area contributed by atoms with E-state index in [0.717, 1.165) is 6.42 Å². The Morgan fingerprint density at radius 3 is 2.32 bits per heavy atom. The number of rotatable bonds is 10. The van der Waals surface area contributed by atoms with Crippen molar-refractivity contribution in [2.75, 3.05) is 26.2 Å². The van der Waals surface area contributed by atoms with Gasteiger partial charge in [0.1, 0.15) is 0 Å². The Labute approximate surface area is 112 Å². The monoisotopic (exact) mass is 283 g/mol. The van der Waals surface area contributed by atoms with Crippen LogP contribution in [0.3, 0.4) is 0 Å². The normalized spacial score (nSPS) is 13.8. The summed E-state index contributed by atoms with van der Waals surface area (Å²) >= 11 is 0. The highest BCUT2D eigenvalue weighted by molar-refractivity contribution is 5.79. The fourth-order valence-electron chi connectivity index (χ4n) is 1.81. The predicted octanol–water partition coefficient (Wildman–Crippen LogP) is 1.50. The van der Waals surface area contributed by atoms with Crippen molar-refractivity contribution in [2.45, 2.75) is 45.3 Å². The molecule has 0 rings (SSSR count). The molecule has 0 aromatic heterocycles. The highest BCUT2D eigenvalue weighted by Gasteiger charge is 2.30. The molecule has 0 heterocycles. The molecule has 0 aliphatic carbocycles. The van der Waals surface area contributed by atoms with Gasteiger partial charge in [0.15, 0.2) is 0 Å². The summed E-state index contributed by atoms with van der Waals surface area (Å²) < 4.78 is 37.1. The molecular formula is C12H24F3N3O. The molecule has 1 unspecified atom stereocenters. The van der Waals surface area contributed by atoms with Gasteiger partial charge in [-0.25, -0.2) is 0 Å². The van der Waals surface area contributed by atoms with Crippen LogP contribution in [0.5, 0.6) is 0 Å². The average molecular weight is 283 g/mol. The van der Waals surface area contributed by atoms with E-state index in [1.807, 2.05) is 13.8 Å². The van der Waals surface area contributed by atoms with Gasteiger partial charge in [0.05, 0.1) is 12.6 Å². The Balaban J connectivity index is 4.29. The molecule has 1 atom stereocenters. The average Bonchev–Trinajstić information content (AvgIpc) is 2.26. The van der Waals surface area contributed by atoms with Crippen molar-refractivity contribution >= 4 is 5.91 Å². The van der Waals surface area contributed by atoms with Crippen LogP contribution >= 0.6 is 0 Å². The van der Waals surface area contributed by atoms with E-state index in [2.05, 4.69) is 5.32 Å². The van der Waals surface area contributed by atoms with Crippen molar-refractivity contribution in [2.24, 2.45) is 5.73 Å². The quantitative estimate of drug-likeness (QED) is 0.639. The lowest BCUT2D eigenvalue weighted by atomic mass is 10.1. The zero-order valence-electron chi connectivity index (χ0n) is 11.6. The Hall–Kier alpha value is -0.820. The Morgan fingerprint density at radius 1 is 1.26 bits per heavy atom. The smallest absolute Gasteiger partial charge is 0.368 e. The second-order valence-corrected chi connectivity index (χ2v) is 4.59. The first kappa shape index (κ1) is 18.2. The molecule has 0 saturated carbocycles. The first-order chi connectivity index (χ1) is 8.80. The van der Waals surface area contributed by atoms with Crippen LogP contribution in [0.2, 0.25) is 0 Å². The first-order valence-corrected chi connectivity index (χ1v) is 6.62. The van der Waals surface area contributed by atoms with E-state index < -0.39 is 24.7 Å². The Morgan fingerprint density at radius 2 is 1.89 bits per heavy atom. The third-order valence-corrected chi connectivity index (χ3v) is 2.66. The predicted molar refractivity (Wildman–Crippen MR) is 68.7 cm³/mol.